The minimum Gasteiger partial charge on any atom is -0.508 e. The van der Waals surface area contributed by atoms with Crippen LogP contribution in [0.1, 0.15) is 32.7 Å². The average molecular weight is 512 g/mol. The number of carbonyl (C=O) groups excluding carboxylic acids is 2. The van der Waals surface area contributed by atoms with E-state index in [-0.39, 0.29) is 34.5 Å². The first-order chi connectivity index (χ1) is 18.2. The topological polar surface area (TPSA) is 104 Å². The van der Waals surface area contributed by atoms with E-state index >= 15 is 0 Å². The first kappa shape index (κ1) is 25.1. The molecule has 194 valence electrons. The van der Waals surface area contributed by atoms with Gasteiger partial charge >= 0.3 is 0 Å². The summed E-state index contributed by atoms with van der Waals surface area (Å²) in [5.74, 6) is -0.890. The Labute approximate surface area is 220 Å². The fourth-order valence-corrected chi connectivity index (χ4v) is 4.75. The molecule has 0 saturated carbocycles. The molecular formula is C30H29N3O5. The van der Waals surface area contributed by atoms with Crippen LogP contribution in [-0.4, -0.2) is 58.6 Å². The predicted molar refractivity (Wildman–Crippen MR) is 147 cm³/mol. The van der Waals surface area contributed by atoms with E-state index in [1.807, 2.05) is 74.4 Å². The summed E-state index contributed by atoms with van der Waals surface area (Å²) in [5.41, 5.74) is 4.21. The van der Waals surface area contributed by atoms with E-state index in [0.29, 0.717) is 12.1 Å². The Morgan fingerprint density at radius 2 is 1.87 bits per heavy atom. The Hall–Kier alpha value is -4.56. The van der Waals surface area contributed by atoms with Gasteiger partial charge in [-0.05, 0) is 62.5 Å². The second-order valence-corrected chi connectivity index (χ2v) is 9.66. The van der Waals surface area contributed by atoms with Crippen molar-refractivity contribution in [2.24, 2.45) is 7.05 Å². The van der Waals surface area contributed by atoms with Gasteiger partial charge in [-0.1, -0.05) is 24.3 Å². The maximum atomic E-state index is 13.0. The van der Waals surface area contributed by atoms with Crippen molar-refractivity contribution in [3.8, 4) is 28.4 Å². The van der Waals surface area contributed by atoms with Crippen LogP contribution in [0.25, 0.3) is 28.1 Å². The number of rotatable bonds is 7. The highest BCUT2D eigenvalue weighted by molar-refractivity contribution is 6.17. The summed E-state index contributed by atoms with van der Waals surface area (Å²) in [7, 11) is 5.93. The number of aromatic hydroxyl groups is 2. The molecule has 38 heavy (non-hydrogen) atoms. The Balaban J connectivity index is 1.46. The molecule has 2 heterocycles. The number of phenolic OH excluding ortho intramolecular Hbond substituents is 2. The number of hydrogen-bond acceptors (Lipinski definition) is 6. The second kappa shape index (κ2) is 10.1. The van der Waals surface area contributed by atoms with Crippen molar-refractivity contribution in [2.75, 3.05) is 27.2 Å². The van der Waals surface area contributed by atoms with Crippen molar-refractivity contribution in [3.05, 3.63) is 83.2 Å². The zero-order chi connectivity index (χ0) is 27.0. The Bertz CT molecular complexity index is 1580. The quantitative estimate of drug-likeness (QED) is 0.248. The lowest BCUT2D eigenvalue weighted by molar-refractivity contribution is 0.0951. The normalized spacial score (nSPS) is 13.8. The van der Waals surface area contributed by atoms with Gasteiger partial charge in [-0.3, -0.25) is 9.59 Å². The van der Waals surface area contributed by atoms with Gasteiger partial charge in [0.2, 0.25) is 5.78 Å². The molecule has 0 fully saturated rings. The molecule has 0 spiro atoms. The molecule has 1 aliphatic rings. The van der Waals surface area contributed by atoms with Gasteiger partial charge in [0.15, 0.2) is 5.76 Å². The minimum absolute atomic E-state index is 0.0325. The van der Waals surface area contributed by atoms with E-state index < -0.39 is 5.78 Å². The molecule has 0 bridgehead atoms. The molecule has 0 aliphatic carbocycles. The number of nitrogens with one attached hydrogen (secondary N) is 1. The SMILES string of the molecule is CN(C)CCCNC(=O)c1ccc(-c2cccc3c2c(/C=C2\Oc4cc(O)cc(O)c4C2=O)cn3C)cc1. The Kier molecular flexibility index (Phi) is 6.65. The molecule has 8 heteroatoms. The van der Waals surface area contributed by atoms with Gasteiger partial charge in [-0.2, -0.15) is 0 Å². The van der Waals surface area contributed by atoms with Gasteiger partial charge in [-0.25, -0.2) is 0 Å². The van der Waals surface area contributed by atoms with Crippen LogP contribution in [0.5, 0.6) is 17.2 Å². The molecule has 0 saturated heterocycles. The predicted octanol–water partition coefficient (Wildman–Crippen LogP) is 4.55. The van der Waals surface area contributed by atoms with Crippen molar-refractivity contribution < 1.29 is 24.5 Å². The summed E-state index contributed by atoms with van der Waals surface area (Å²) < 4.78 is 7.69. The summed E-state index contributed by atoms with van der Waals surface area (Å²) >= 11 is 0. The standard InChI is InChI=1S/C30H29N3O5/c1-32(2)13-5-12-31-30(37)19-10-8-18(9-11-19)22-6-4-7-23-27(22)20(17-33(23)3)14-26-29(36)28-24(35)15-21(34)16-25(28)38-26/h4,6-11,14-17,34-35H,5,12-13H2,1-3H3,(H,31,37)/b26-14-. The van der Waals surface area contributed by atoms with Crippen molar-refractivity contribution in [2.45, 2.75) is 6.42 Å². The number of aryl methyl sites for hydroxylation is 1. The number of amides is 1. The summed E-state index contributed by atoms with van der Waals surface area (Å²) in [6, 6.07) is 15.8. The van der Waals surface area contributed by atoms with Crippen LogP contribution >= 0.6 is 0 Å². The highest BCUT2D eigenvalue weighted by Gasteiger charge is 2.31. The number of ketones is 1. The van der Waals surface area contributed by atoms with Gasteiger partial charge in [-0.15, -0.1) is 0 Å². The lowest BCUT2D eigenvalue weighted by Gasteiger charge is -2.10. The first-order valence-electron chi connectivity index (χ1n) is 12.3. The van der Waals surface area contributed by atoms with Gasteiger partial charge in [0, 0.05) is 54.0 Å². The first-order valence-corrected chi connectivity index (χ1v) is 12.3. The van der Waals surface area contributed by atoms with Crippen LogP contribution in [0.4, 0.5) is 0 Å². The number of nitrogens with zero attached hydrogens (tertiary/aromatic N) is 2. The molecule has 3 N–H and O–H groups in total. The van der Waals surface area contributed by atoms with E-state index in [0.717, 1.165) is 46.6 Å². The molecule has 1 aromatic heterocycles. The molecule has 0 unspecified atom stereocenters. The molecular weight excluding hydrogens is 482 g/mol. The molecule has 1 amide bonds. The number of aromatic nitrogens is 1. The lowest BCUT2D eigenvalue weighted by atomic mass is 9.97. The number of ether oxygens (including phenoxy) is 1. The number of hydrogen-bond donors (Lipinski definition) is 3. The van der Waals surface area contributed by atoms with Crippen molar-refractivity contribution in [1.29, 1.82) is 0 Å². The number of benzene rings is 3. The number of fused-ring (bicyclic) bond motifs is 2. The van der Waals surface area contributed by atoms with Crippen LogP contribution in [0.15, 0.2) is 66.6 Å². The van der Waals surface area contributed by atoms with Gasteiger partial charge in [0.25, 0.3) is 5.91 Å². The zero-order valence-electron chi connectivity index (χ0n) is 21.5. The zero-order valence-corrected chi connectivity index (χ0v) is 21.5. The van der Waals surface area contributed by atoms with Crippen LogP contribution in [0.2, 0.25) is 0 Å². The highest BCUT2D eigenvalue weighted by Crippen LogP contribution is 2.41. The molecule has 8 nitrogen and oxygen atoms in total. The van der Waals surface area contributed by atoms with Crippen LogP contribution in [0.3, 0.4) is 0 Å². The van der Waals surface area contributed by atoms with E-state index in [1.54, 1.807) is 6.08 Å². The fraction of sp³-hybridized carbons (Fsp3) is 0.200. The Morgan fingerprint density at radius 1 is 1.11 bits per heavy atom. The van der Waals surface area contributed by atoms with Crippen LogP contribution < -0.4 is 10.1 Å². The smallest absolute Gasteiger partial charge is 0.251 e. The van der Waals surface area contributed by atoms with Gasteiger partial charge < -0.3 is 29.7 Å². The second-order valence-electron chi connectivity index (χ2n) is 9.66. The molecule has 5 rings (SSSR count). The van der Waals surface area contributed by atoms with E-state index in [1.165, 1.54) is 6.07 Å². The molecule has 3 aromatic carbocycles. The fourth-order valence-electron chi connectivity index (χ4n) is 4.75. The van der Waals surface area contributed by atoms with Crippen LogP contribution in [-0.2, 0) is 7.05 Å². The third-order valence-electron chi connectivity index (χ3n) is 6.59. The maximum Gasteiger partial charge on any atom is 0.251 e. The number of allylic oxidation sites excluding steroid dienone is 1. The maximum absolute atomic E-state index is 13.0. The van der Waals surface area contributed by atoms with Crippen molar-refractivity contribution in [1.82, 2.24) is 14.8 Å². The lowest BCUT2D eigenvalue weighted by Crippen LogP contribution is -2.27. The van der Waals surface area contributed by atoms with E-state index in [2.05, 4.69) is 10.2 Å². The molecule has 4 aromatic rings. The highest BCUT2D eigenvalue weighted by atomic mass is 16.5. The minimum atomic E-state index is -0.451. The average Bonchev–Trinajstić information content (AvgIpc) is 3.37. The van der Waals surface area contributed by atoms with Crippen LogP contribution in [0, 0.1) is 0 Å². The van der Waals surface area contributed by atoms with Gasteiger partial charge in [0.05, 0.1) is 0 Å². The number of carbonyl (C=O) groups is 2. The monoisotopic (exact) mass is 511 g/mol. The molecule has 0 radical (unpaired) electrons. The molecule has 0 atom stereocenters. The molecule has 1 aliphatic heterocycles. The van der Waals surface area contributed by atoms with Crippen molar-refractivity contribution in [3.63, 3.8) is 0 Å². The summed E-state index contributed by atoms with van der Waals surface area (Å²) in [5, 5.41) is 23.8. The van der Waals surface area contributed by atoms with Gasteiger partial charge in [0.1, 0.15) is 22.8 Å². The third kappa shape index (κ3) is 4.73. The van der Waals surface area contributed by atoms with E-state index in [4.69, 9.17) is 4.74 Å². The third-order valence-corrected chi connectivity index (χ3v) is 6.59. The Morgan fingerprint density at radius 3 is 2.61 bits per heavy atom. The summed E-state index contributed by atoms with van der Waals surface area (Å²) in [6.07, 6.45) is 4.44. The summed E-state index contributed by atoms with van der Waals surface area (Å²) in [4.78, 5) is 27.6. The summed E-state index contributed by atoms with van der Waals surface area (Å²) in [6.45, 7) is 1.52. The largest absolute Gasteiger partial charge is 0.508 e. The number of phenols is 2. The van der Waals surface area contributed by atoms with E-state index in [9.17, 15) is 19.8 Å². The number of Topliss-reactive ketones (excluding diaryl/α,β-unsaturated/α-hetero) is 1. The van der Waals surface area contributed by atoms with Crippen molar-refractivity contribution >= 4 is 28.7 Å².